The Labute approximate surface area is 287 Å². The summed E-state index contributed by atoms with van der Waals surface area (Å²) in [6.45, 7) is 7.10. The van der Waals surface area contributed by atoms with Crippen LogP contribution in [0.4, 0.5) is 0 Å². The van der Waals surface area contributed by atoms with Gasteiger partial charge in [0.2, 0.25) is 0 Å². The van der Waals surface area contributed by atoms with Gasteiger partial charge < -0.3 is 9.64 Å². The number of nitrogens with zero attached hydrogens (tertiary/aromatic N) is 3. The van der Waals surface area contributed by atoms with Crippen LogP contribution in [-0.2, 0) is 9.53 Å². The van der Waals surface area contributed by atoms with Gasteiger partial charge >= 0.3 is 5.97 Å². The monoisotopic (exact) mass is 644 g/mol. The Morgan fingerprint density at radius 2 is 1.00 bits per heavy atom. The van der Waals surface area contributed by atoms with Gasteiger partial charge in [-0.2, -0.15) is 0 Å². The first-order chi connectivity index (χ1) is 22.6. The van der Waals surface area contributed by atoms with Crippen molar-refractivity contribution in [3.05, 3.63) is 24.3 Å². The summed E-state index contributed by atoms with van der Waals surface area (Å²) >= 11 is 0. The maximum absolute atomic E-state index is 12.5. The normalized spacial score (nSPS) is 13.0. The number of allylic oxidation sites excluding steroid dienone is 2. The first-order valence-electron chi connectivity index (χ1n) is 19.7. The molecule has 0 unspecified atom stereocenters. The molecule has 0 aromatic rings. The van der Waals surface area contributed by atoms with Crippen molar-refractivity contribution in [2.75, 3.05) is 33.7 Å². The Morgan fingerprint density at radius 1 is 0.565 bits per heavy atom. The van der Waals surface area contributed by atoms with Crippen molar-refractivity contribution in [3.63, 3.8) is 0 Å². The lowest BCUT2D eigenvalue weighted by atomic mass is 10.0. The molecule has 0 fully saturated rings. The fourth-order valence-electron chi connectivity index (χ4n) is 5.54. The van der Waals surface area contributed by atoms with E-state index in [0.29, 0.717) is 6.42 Å². The third-order valence-corrected chi connectivity index (χ3v) is 8.46. The number of hydrogen-bond acceptors (Lipinski definition) is 5. The lowest BCUT2D eigenvalue weighted by molar-refractivity contribution is -0.150. The van der Waals surface area contributed by atoms with Crippen molar-refractivity contribution >= 4 is 18.4 Å². The van der Waals surface area contributed by atoms with E-state index in [1.54, 1.807) is 0 Å². The lowest BCUT2D eigenvalue weighted by Gasteiger charge is -2.18. The molecular weight excluding hydrogens is 566 g/mol. The van der Waals surface area contributed by atoms with Crippen LogP contribution in [0.3, 0.4) is 0 Å². The van der Waals surface area contributed by atoms with E-state index in [9.17, 15) is 4.79 Å². The second kappa shape index (κ2) is 37.7. The fraction of sp³-hybridized carbons (Fsp3) is 0.829. The van der Waals surface area contributed by atoms with E-state index < -0.39 is 0 Å². The second-order valence-corrected chi connectivity index (χ2v) is 13.4. The number of aliphatic imine (C=N–C) groups is 2. The summed E-state index contributed by atoms with van der Waals surface area (Å²) in [5.41, 5.74) is 0. The summed E-state index contributed by atoms with van der Waals surface area (Å²) in [6, 6.07) is 0. The standard InChI is InChI=1S/C41H77N3O2/c1-5-7-9-11-15-21-27-35-42-37-29-23-17-13-19-25-32-40(46-41(45)34-31-39-44(3)4)33-26-20-14-18-24-30-38-43-36-28-22-16-12-10-8-6-2/h21-22,27-28,37-38,40H,5-20,23-26,29-36,39H2,1-4H3/b27-21-,28-22-,42-37?,43-38?. The third-order valence-electron chi connectivity index (χ3n) is 8.46. The lowest BCUT2D eigenvalue weighted by Crippen LogP contribution is -2.20. The number of ether oxygens (including phenoxy) is 1. The highest BCUT2D eigenvalue weighted by atomic mass is 16.5. The minimum Gasteiger partial charge on any atom is -0.462 e. The maximum atomic E-state index is 12.5. The van der Waals surface area contributed by atoms with Crippen LogP contribution in [-0.4, -0.2) is 63.1 Å². The molecule has 0 saturated heterocycles. The summed E-state index contributed by atoms with van der Waals surface area (Å²) in [7, 11) is 4.11. The second-order valence-electron chi connectivity index (χ2n) is 13.4. The Balaban J connectivity index is 4.04. The summed E-state index contributed by atoms with van der Waals surface area (Å²) in [4.78, 5) is 23.7. The van der Waals surface area contributed by atoms with Gasteiger partial charge in [-0.05, 0) is 117 Å². The van der Waals surface area contributed by atoms with Crippen LogP contribution in [0.15, 0.2) is 34.3 Å². The number of rotatable bonds is 35. The van der Waals surface area contributed by atoms with Gasteiger partial charge in [-0.15, -0.1) is 0 Å². The molecule has 0 spiro atoms. The average molecular weight is 644 g/mol. The molecule has 0 bridgehead atoms. The zero-order chi connectivity index (χ0) is 33.6. The number of carbonyl (C=O) groups excluding carboxylic acids is 1. The Bertz CT molecular complexity index is 696. The van der Waals surface area contributed by atoms with Crippen LogP contribution in [0.5, 0.6) is 0 Å². The SMILES string of the molecule is CCCCCC/C=C\CN=CCCCCCCCC(CCCCCCCC=NC/C=C\CCCCCC)OC(=O)CCCN(C)C. The fourth-order valence-corrected chi connectivity index (χ4v) is 5.54. The van der Waals surface area contributed by atoms with Crippen LogP contribution in [0.1, 0.15) is 181 Å². The Hall–Kier alpha value is -1.75. The van der Waals surface area contributed by atoms with Gasteiger partial charge in [-0.1, -0.05) is 115 Å². The van der Waals surface area contributed by atoms with Gasteiger partial charge in [0.05, 0.1) is 13.1 Å². The minimum atomic E-state index is -0.0110. The summed E-state index contributed by atoms with van der Waals surface area (Å²) in [5, 5.41) is 0. The molecule has 0 aliphatic heterocycles. The molecule has 0 amide bonds. The molecule has 0 heterocycles. The Morgan fingerprint density at radius 3 is 1.48 bits per heavy atom. The van der Waals surface area contributed by atoms with E-state index in [2.05, 4.69) is 79.6 Å². The topological polar surface area (TPSA) is 54.3 Å². The number of unbranched alkanes of at least 4 members (excludes halogenated alkanes) is 18. The van der Waals surface area contributed by atoms with Crippen LogP contribution < -0.4 is 0 Å². The van der Waals surface area contributed by atoms with Gasteiger partial charge in [0.15, 0.2) is 0 Å². The summed E-state index contributed by atoms with van der Waals surface area (Å²) < 4.78 is 5.98. The molecule has 5 nitrogen and oxygen atoms in total. The van der Waals surface area contributed by atoms with Crippen molar-refractivity contribution in [3.8, 4) is 0 Å². The van der Waals surface area contributed by atoms with E-state index in [-0.39, 0.29) is 12.1 Å². The quantitative estimate of drug-likeness (QED) is 0.0299. The molecule has 0 aliphatic rings. The van der Waals surface area contributed by atoms with Crippen molar-refractivity contribution < 1.29 is 9.53 Å². The zero-order valence-electron chi connectivity index (χ0n) is 31.2. The van der Waals surface area contributed by atoms with E-state index in [1.165, 1.54) is 116 Å². The van der Waals surface area contributed by atoms with Gasteiger partial charge in [0.25, 0.3) is 0 Å². The molecule has 0 saturated carbocycles. The number of esters is 1. The highest BCUT2D eigenvalue weighted by molar-refractivity contribution is 5.69. The maximum Gasteiger partial charge on any atom is 0.306 e. The van der Waals surface area contributed by atoms with Gasteiger partial charge in [-0.25, -0.2) is 0 Å². The van der Waals surface area contributed by atoms with E-state index in [0.717, 1.165) is 64.6 Å². The highest BCUT2D eigenvalue weighted by Gasteiger charge is 2.14. The van der Waals surface area contributed by atoms with Crippen LogP contribution >= 0.6 is 0 Å². The molecule has 0 aromatic carbocycles. The largest absolute Gasteiger partial charge is 0.462 e. The molecular formula is C41H77N3O2. The molecule has 46 heavy (non-hydrogen) atoms. The van der Waals surface area contributed by atoms with Gasteiger partial charge in [0.1, 0.15) is 6.10 Å². The predicted octanol–water partition coefficient (Wildman–Crippen LogP) is 11.9. The first kappa shape index (κ1) is 44.2. The molecule has 0 atom stereocenters. The van der Waals surface area contributed by atoms with Crippen LogP contribution in [0.2, 0.25) is 0 Å². The van der Waals surface area contributed by atoms with E-state index in [1.807, 2.05) is 0 Å². The number of carbonyl (C=O) groups is 1. The van der Waals surface area contributed by atoms with Crippen molar-refractivity contribution in [2.24, 2.45) is 9.98 Å². The molecule has 0 aliphatic carbocycles. The Kier molecular flexibility index (Phi) is 36.3. The molecule has 0 radical (unpaired) electrons. The average Bonchev–Trinajstić information content (AvgIpc) is 3.04. The first-order valence-corrected chi connectivity index (χ1v) is 19.7. The van der Waals surface area contributed by atoms with Crippen LogP contribution in [0, 0.1) is 0 Å². The molecule has 5 heteroatoms. The zero-order valence-corrected chi connectivity index (χ0v) is 31.2. The van der Waals surface area contributed by atoms with Crippen molar-refractivity contribution in [2.45, 2.75) is 187 Å². The van der Waals surface area contributed by atoms with E-state index >= 15 is 0 Å². The van der Waals surface area contributed by atoms with Crippen LogP contribution in [0.25, 0.3) is 0 Å². The molecule has 0 N–H and O–H groups in total. The predicted molar refractivity (Wildman–Crippen MR) is 205 cm³/mol. The summed E-state index contributed by atoms with van der Waals surface area (Å²) in [5.74, 6) is -0.0110. The molecule has 0 aromatic heterocycles. The minimum absolute atomic E-state index is 0.0110. The molecule has 268 valence electrons. The van der Waals surface area contributed by atoms with Gasteiger partial charge in [-0.3, -0.25) is 14.8 Å². The third kappa shape index (κ3) is 36.7. The summed E-state index contributed by atoms with van der Waals surface area (Å²) in [6.07, 6.45) is 44.1. The van der Waals surface area contributed by atoms with Crippen molar-refractivity contribution in [1.29, 1.82) is 0 Å². The van der Waals surface area contributed by atoms with E-state index in [4.69, 9.17) is 4.74 Å². The van der Waals surface area contributed by atoms with Crippen molar-refractivity contribution in [1.82, 2.24) is 4.90 Å². The number of hydrogen-bond donors (Lipinski definition) is 0. The molecule has 0 rings (SSSR count). The van der Waals surface area contributed by atoms with Gasteiger partial charge in [0, 0.05) is 6.42 Å². The highest BCUT2D eigenvalue weighted by Crippen LogP contribution is 2.18. The smallest absolute Gasteiger partial charge is 0.306 e.